The van der Waals surface area contributed by atoms with Gasteiger partial charge in [-0.2, -0.15) is 4.31 Å². The molecule has 1 atom stereocenters. The maximum Gasteiger partial charge on any atom is 0.340 e. The number of ether oxygens (including phenoxy) is 2. The first-order valence-electron chi connectivity index (χ1n) is 9.90. The van der Waals surface area contributed by atoms with Crippen molar-refractivity contribution in [3.63, 3.8) is 0 Å². The lowest BCUT2D eigenvalue weighted by Crippen LogP contribution is -2.44. The molecule has 172 valence electrons. The summed E-state index contributed by atoms with van der Waals surface area (Å²) in [5, 5.41) is 2.47. The molecule has 11 heteroatoms. The molecule has 0 radical (unpaired) electrons. The average Bonchev–Trinajstić information content (AvgIpc) is 3.26. The van der Waals surface area contributed by atoms with Gasteiger partial charge in [0.15, 0.2) is 6.61 Å². The number of rotatable bonds is 9. The Kier molecular flexibility index (Phi) is 8.84. The Morgan fingerprint density at radius 3 is 2.42 bits per heavy atom. The Hall–Kier alpha value is -2.17. The highest BCUT2D eigenvalue weighted by Crippen LogP contribution is 2.25. The van der Waals surface area contributed by atoms with E-state index in [1.54, 1.807) is 0 Å². The lowest BCUT2D eigenvalue weighted by atomic mass is 10.0. The predicted octanol–water partition coefficient (Wildman–Crippen LogP) is 1.99. The zero-order valence-corrected chi connectivity index (χ0v) is 19.3. The van der Waals surface area contributed by atoms with Crippen LogP contribution >= 0.6 is 11.6 Å². The largest absolute Gasteiger partial charge is 0.467 e. The van der Waals surface area contributed by atoms with Gasteiger partial charge in [-0.25, -0.2) is 18.0 Å². The number of nitrogens with zero attached hydrogens (tertiary/aromatic N) is 1. The molecule has 1 amide bonds. The number of esters is 2. The Bertz CT molecular complexity index is 927. The van der Waals surface area contributed by atoms with Gasteiger partial charge in [-0.3, -0.25) is 4.79 Å². The molecule has 0 aliphatic carbocycles. The van der Waals surface area contributed by atoms with E-state index in [1.165, 1.54) is 23.5 Å². The molecule has 31 heavy (non-hydrogen) atoms. The zero-order chi connectivity index (χ0) is 23.2. The van der Waals surface area contributed by atoms with Crippen molar-refractivity contribution in [1.82, 2.24) is 9.62 Å². The van der Waals surface area contributed by atoms with Gasteiger partial charge < -0.3 is 14.8 Å². The second kappa shape index (κ2) is 10.9. The normalized spacial score (nSPS) is 15.5. The highest BCUT2D eigenvalue weighted by atomic mass is 35.5. The van der Waals surface area contributed by atoms with Crippen LogP contribution in [0.5, 0.6) is 0 Å². The molecule has 0 bridgehead atoms. The molecule has 1 aromatic carbocycles. The fourth-order valence-electron chi connectivity index (χ4n) is 3.17. The standard InChI is InChI=1S/C20H27ClN2O7S/c1-13(2)10-17(20(26)29-3)22-18(24)12-30-19(25)15-11-14(6-7-16(15)21)31(27,28)23-8-4-5-9-23/h6-7,11,13,17H,4-5,8-10,12H2,1-3H3,(H,22,24). The first kappa shape index (κ1) is 25.1. The molecule has 1 aliphatic heterocycles. The van der Waals surface area contributed by atoms with Gasteiger partial charge >= 0.3 is 11.9 Å². The molecule has 0 aromatic heterocycles. The summed E-state index contributed by atoms with van der Waals surface area (Å²) in [6, 6.07) is 2.91. The second-order valence-corrected chi connectivity index (χ2v) is 9.95. The van der Waals surface area contributed by atoms with E-state index in [1.807, 2.05) is 13.8 Å². The molecular weight excluding hydrogens is 448 g/mol. The van der Waals surface area contributed by atoms with E-state index in [2.05, 4.69) is 10.1 Å². The molecule has 1 aromatic rings. The number of benzene rings is 1. The lowest BCUT2D eigenvalue weighted by molar-refractivity contribution is -0.145. The minimum absolute atomic E-state index is 0.00183. The van der Waals surface area contributed by atoms with Crippen molar-refractivity contribution in [2.24, 2.45) is 5.92 Å². The molecule has 2 rings (SSSR count). The molecule has 1 aliphatic rings. The van der Waals surface area contributed by atoms with Crippen LogP contribution in [0, 0.1) is 5.92 Å². The minimum Gasteiger partial charge on any atom is -0.467 e. The summed E-state index contributed by atoms with van der Waals surface area (Å²) >= 11 is 6.05. The van der Waals surface area contributed by atoms with Gasteiger partial charge in [-0.05, 0) is 43.4 Å². The summed E-state index contributed by atoms with van der Waals surface area (Å²) in [7, 11) is -2.53. The first-order valence-corrected chi connectivity index (χ1v) is 11.7. The Morgan fingerprint density at radius 2 is 1.84 bits per heavy atom. The maximum atomic E-state index is 12.7. The van der Waals surface area contributed by atoms with E-state index in [0.717, 1.165) is 18.9 Å². The first-order chi connectivity index (χ1) is 14.6. The number of sulfonamides is 1. The number of hydrogen-bond acceptors (Lipinski definition) is 7. The monoisotopic (exact) mass is 474 g/mol. The number of methoxy groups -OCH3 is 1. The van der Waals surface area contributed by atoms with Gasteiger partial charge in [-0.15, -0.1) is 0 Å². The third-order valence-corrected chi connectivity index (χ3v) is 6.95. The van der Waals surface area contributed by atoms with Crippen molar-refractivity contribution in [2.45, 2.75) is 44.0 Å². The molecular formula is C20H27ClN2O7S. The predicted molar refractivity (Wildman–Crippen MR) is 113 cm³/mol. The van der Waals surface area contributed by atoms with E-state index in [0.29, 0.717) is 19.5 Å². The minimum atomic E-state index is -3.75. The smallest absolute Gasteiger partial charge is 0.340 e. The van der Waals surface area contributed by atoms with Gasteiger partial charge in [0.05, 0.1) is 22.6 Å². The SMILES string of the molecule is COC(=O)C(CC(C)C)NC(=O)COC(=O)c1cc(S(=O)(=O)N2CCCC2)ccc1Cl. The van der Waals surface area contributed by atoms with Crippen LogP contribution in [0.4, 0.5) is 0 Å². The summed E-state index contributed by atoms with van der Waals surface area (Å²) in [6.07, 6.45) is 1.91. The molecule has 0 saturated carbocycles. The topological polar surface area (TPSA) is 119 Å². The van der Waals surface area contributed by atoms with Gasteiger partial charge in [0.25, 0.3) is 5.91 Å². The van der Waals surface area contributed by atoms with Crippen LogP contribution in [0.1, 0.15) is 43.5 Å². The quantitative estimate of drug-likeness (QED) is 0.543. The molecule has 9 nitrogen and oxygen atoms in total. The van der Waals surface area contributed by atoms with Crippen molar-refractivity contribution in [3.8, 4) is 0 Å². The third-order valence-electron chi connectivity index (χ3n) is 4.72. The molecule has 1 unspecified atom stereocenters. The number of hydrogen-bond donors (Lipinski definition) is 1. The van der Waals surface area contributed by atoms with E-state index >= 15 is 0 Å². The summed E-state index contributed by atoms with van der Waals surface area (Å²) in [6.45, 7) is 3.94. The van der Waals surface area contributed by atoms with Crippen molar-refractivity contribution in [3.05, 3.63) is 28.8 Å². The van der Waals surface area contributed by atoms with E-state index < -0.39 is 40.5 Å². The van der Waals surface area contributed by atoms with Gasteiger partial charge in [-0.1, -0.05) is 25.4 Å². The van der Waals surface area contributed by atoms with Crippen LogP contribution in [0.3, 0.4) is 0 Å². The molecule has 1 heterocycles. The molecule has 0 spiro atoms. The highest BCUT2D eigenvalue weighted by Gasteiger charge is 2.29. The fraction of sp³-hybridized carbons (Fsp3) is 0.550. The molecule has 1 fully saturated rings. The number of carbonyl (C=O) groups is 3. The van der Waals surface area contributed by atoms with Crippen LogP contribution < -0.4 is 5.32 Å². The lowest BCUT2D eigenvalue weighted by Gasteiger charge is -2.18. The third kappa shape index (κ3) is 6.65. The van der Waals surface area contributed by atoms with Crippen molar-refractivity contribution >= 4 is 39.5 Å². The van der Waals surface area contributed by atoms with Gasteiger partial charge in [0.2, 0.25) is 10.0 Å². The van der Waals surface area contributed by atoms with E-state index in [4.69, 9.17) is 16.3 Å². The zero-order valence-electron chi connectivity index (χ0n) is 17.7. The summed E-state index contributed by atoms with van der Waals surface area (Å²) < 4.78 is 36.4. The van der Waals surface area contributed by atoms with Crippen molar-refractivity contribution in [1.29, 1.82) is 0 Å². The summed E-state index contributed by atoms with van der Waals surface area (Å²) in [5.41, 5.74) is -0.165. The Balaban J connectivity index is 2.06. The molecule has 1 saturated heterocycles. The van der Waals surface area contributed by atoms with Crippen LogP contribution in [0.15, 0.2) is 23.1 Å². The van der Waals surface area contributed by atoms with Crippen molar-refractivity contribution in [2.75, 3.05) is 26.8 Å². The van der Waals surface area contributed by atoms with Crippen LogP contribution in [0.25, 0.3) is 0 Å². The highest BCUT2D eigenvalue weighted by molar-refractivity contribution is 7.89. The number of nitrogens with one attached hydrogen (secondary N) is 1. The summed E-state index contributed by atoms with van der Waals surface area (Å²) in [5.74, 6) is -2.12. The average molecular weight is 475 g/mol. The number of carbonyl (C=O) groups excluding carboxylic acids is 3. The van der Waals surface area contributed by atoms with Crippen LogP contribution in [-0.4, -0.2) is 63.4 Å². The maximum absolute atomic E-state index is 12.7. The number of amides is 1. The van der Waals surface area contributed by atoms with Crippen LogP contribution in [0.2, 0.25) is 5.02 Å². The van der Waals surface area contributed by atoms with Crippen molar-refractivity contribution < 1.29 is 32.3 Å². The fourth-order valence-corrected chi connectivity index (χ4v) is 4.91. The van der Waals surface area contributed by atoms with E-state index in [9.17, 15) is 22.8 Å². The summed E-state index contributed by atoms with van der Waals surface area (Å²) in [4.78, 5) is 36.3. The van der Waals surface area contributed by atoms with E-state index in [-0.39, 0.29) is 21.4 Å². The number of halogens is 1. The van der Waals surface area contributed by atoms with Gasteiger partial charge in [0, 0.05) is 13.1 Å². The Morgan fingerprint density at radius 1 is 1.19 bits per heavy atom. The molecule has 1 N–H and O–H groups in total. The second-order valence-electron chi connectivity index (χ2n) is 7.60. The van der Waals surface area contributed by atoms with Crippen LogP contribution in [-0.2, 0) is 29.1 Å². The van der Waals surface area contributed by atoms with Gasteiger partial charge in [0.1, 0.15) is 6.04 Å². The Labute approximate surface area is 187 Å².